The van der Waals surface area contributed by atoms with Crippen LogP contribution in [0.4, 0.5) is 0 Å². The van der Waals surface area contributed by atoms with Crippen LogP contribution in [0.2, 0.25) is 5.04 Å². The lowest BCUT2D eigenvalue weighted by molar-refractivity contribution is -0.122. The summed E-state index contributed by atoms with van der Waals surface area (Å²) in [6.07, 6.45) is 13.6. The zero-order chi connectivity index (χ0) is 42.5. The number of carbonyl (C=O) groups excluding carboxylic acids is 1. The molecule has 5 atom stereocenters. The lowest BCUT2D eigenvalue weighted by Crippen LogP contribution is -2.67. The van der Waals surface area contributed by atoms with Gasteiger partial charge in [-0.05, 0) is 64.1 Å². The fraction of sp³-hybridized carbons (Fsp3) is 0.540. The van der Waals surface area contributed by atoms with E-state index in [1.165, 1.54) is 10.4 Å². The number of nitrogens with zero attached hydrogens (tertiary/aromatic N) is 1. The average molecular weight is 838 g/mol. The topological polar surface area (TPSA) is 77.5 Å². The van der Waals surface area contributed by atoms with Crippen LogP contribution in [0.15, 0.2) is 103 Å². The molecule has 3 aliphatic rings. The van der Waals surface area contributed by atoms with Gasteiger partial charge in [-0.2, -0.15) is 0 Å². The first-order valence-electron chi connectivity index (χ1n) is 22.1. The Balaban J connectivity index is 1.33. The van der Waals surface area contributed by atoms with Crippen molar-refractivity contribution in [3.05, 3.63) is 108 Å². The van der Waals surface area contributed by atoms with Gasteiger partial charge in [-0.1, -0.05) is 153 Å². The standard InChI is InChI=1S/C50H71NO6Si2/c1-10-11-14-19-42(56-59(48(5,6)7,44-20-15-12-16-21-44)45-22-17-13-18-23-45)29-26-38-25-27-41(52)35-50(38,53)58-57-49-34-40(47(2,3)4)32-39(49)30-31-51(49)36-37-24-28-43(54-8)33-46(37)55-9/h12-13,15-18,20-26,28-29,33,39-40,42,53H,10-11,14,19,27,30-32,34-36,58H2,1-9H3/t39?,40?,42-,49?,50?/m0/s1. The highest BCUT2D eigenvalue weighted by Gasteiger charge is 2.58. The molecular weight excluding hydrogens is 767 g/mol. The molecular formula is C50H71NO6Si2. The van der Waals surface area contributed by atoms with Crippen LogP contribution in [0.5, 0.6) is 11.5 Å². The number of Topliss-reactive ketones (excluding diaryl/α,β-unsaturated/α-hetero) is 1. The van der Waals surface area contributed by atoms with Crippen molar-refractivity contribution >= 4 is 34.2 Å². The number of ketones is 1. The molecule has 59 heavy (non-hydrogen) atoms. The number of allylic oxidation sites excluding steroid dienone is 1. The van der Waals surface area contributed by atoms with Crippen LogP contribution in [0.3, 0.4) is 0 Å². The Labute approximate surface area is 358 Å². The van der Waals surface area contributed by atoms with Gasteiger partial charge in [0.15, 0.2) is 0 Å². The van der Waals surface area contributed by atoms with E-state index in [1.807, 2.05) is 18.2 Å². The zero-order valence-corrected chi connectivity index (χ0v) is 39.8. The van der Waals surface area contributed by atoms with Crippen molar-refractivity contribution in [1.29, 1.82) is 0 Å². The van der Waals surface area contributed by atoms with Gasteiger partial charge in [0.2, 0.25) is 9.76 Å². The maximum Gasteiger partial charge on any atom is 0.261 e. The predicted molar refractivity (Wildman–Crippen MR) is 246 cm³/mol. The average Bonchev–Trinajstić information content (AvgIpc) is 3.75. The lowest BCUT2D eigenvalue weighted by atomic mass is 9.79. The first kappa shape index (κ1) is 45.2. The van der Waals surface area contributed by atoms with Crippen molar-refractivity contribution in [3.63, 3.8) is 0 Å². The van der Waals surface area contributed by atoms with Gasteiger partial charge in [-0.25, -0.2) is 0 Å². The first-order valence-corrected chi connectivity index (χ1v) is 25.3. The maximum atomic E-state index is 13.3. The van der Waals surface area contributed by atoms with Crippen LogP contribution in [0.1, 0.15) is 112 Å². The molecule has 2 fully saturated rings. The summed E-state index contributed by atoms with van der Waals surface area (Å²) < 4.78 is 26.4. The van der Waals surface area contributed by atoms with E-state index in [9.17, 15) is 9.90 Å². The van der Waals surface area contributed by atoms with Gasteiger partial charge < -0.3 is 23.4 Å². The fourth-order valence-electron chi connectivity index (χ4n) is 10.1. The van der Waals surface area contributed by atoms with Gasteiger partial charge in [0.25, 0.3) is 8.32 Å². The SMILES string of the molecule is CCCCC[C@@H](C=CC1=CCC(=O)CC1(O)[SiH2]OC12CC(C(C)(C)C)CC1CCN2Cc1ccc(OC)cc1OC)O[Si](c1ccccc1)(c1ccccc1)C(C)(C)C. The molecule has 2 aliphatic carbocycles. The van der Waals surface area contributed by atoms with E-state index in [1.54, 1.807) is 14.2 Å². The number of fused-ring (bicyclic) bond motifs is 1. The van der Waals surface area contributed by atoms with E-state index in [0.29, 0.717) is 24.8 Å². The van der Waals surface area contributed by atoms with Crippen molar-refractivity contribution in [1.82, 2.24) is 4.90 Å². The zero-order valence-electron chi connectivity index (χ0n) is 37.4. The van der Waals surface area contributed by atoms with E-state index in [4.69, 9.17) is 18.3 Å². The molecule has 1 saturated carbocycles. The Bertz CT molecular complexity index is 1880. The van der Waals surface area contributed by atoms with Crippen LogP contribution >= 0.6 is 0 Å². The van der Waals surface area contributed by atoms with E-state index in [2.05, 4.69) is 132 Å². The monoisotopic (exact) mass is 837 g/mol. The summed E-state index contributed by atoms with van der Waals surface area (Å²) in [6, 6.07) is 27.7. The second-order valence-corrected chi connectivity index (χ2v) is 25.5. The predicted octanol–water partition coefficient (Wildman–Crippen LogP) is 8.84. The largest absolute Gasteiger partial charge is 0.497 e. The molecule has 0 bridgehead atoms. The number of aliphatic hydroxyl groups is 1. The van der Waals surface area contributed by atoms with E-state index in [0.717, 1.165) is 74.1 Å². The van der Waals surface area contributed by atoms with Crippen LogP contribution in [-0.4, -0.2) is 71.7 Å². The van der Waals surface area contributed by atoms with Crippen LogP contribution in [0, 0.1) is 17.3 Å². The number of methoxy groups -OCH3 is 2. The molecule has 320 valence electrons. The van der Waals surface area contributed by atoms with Crippen molar-refractivity contribution in [2.24, 2.45) is 17.3 Å². The molecule has 4 unspecified atom stereocenters. The molecule has 0 spiro atoms. The van der Waals surface area contributed by atoms with Crippen LogP contribution in [0.25, 0.3) is 0 Å². The summed E-state index contributed by atoms with van der Waals surface area (Å²) in [5.41, 5.74) is 1.49. The third-order valence-corrected chi connectivity index (χ3v) is 20.4. The number of benzene rings is 3. The maximum absolute atomic E-state index is 13.3. The smallest absolute Gasteiger partial charge is 0.261 e. The van der Waals surface area contributed by atoms with Crippen molar-refractivity contribution in [2.45, 2.75) is 135 Å². The molecule has 0 aromatic heterocycles. The second kappa shape index (κ2) is 18.7. The van der Waals surface area contributed by atoms with Gasteiger partial charge in [0.1, 0.15) is 28.2 Å². The summed E-state index contributed by atoms with van der Waals surface area (Å²) in [6.45, 7) is 17.8. The Morgan fingerprint density at radius 3 is 2.22 bits per heavy atom. The third kappa shape index (κ3) is 9.76. The van der Waals surface area contributed by atoms with E-state index < -0.39 is 29.0 Å². The lowest BCUT2D eigenvalue weighted by Gasteiger charge is -2.45. The van der Waals surface area contributed by atoms with Gasteiger partial charge in [-0.15, -0.1) is 0 Å². The minimum atomic E-state index is -2.85. The van der Waals surface area contributed by atoms with Crippen LogP contribution in [-0.2, 0) is 20.2 Å². The summed E-state index contributed by atoms with van der Waals surface area (Å²) in [7, 11) is -1.20. The highest BCUT2D eigenvalue weighted by Crippen LogP contribution is 2.56. The quantitative estimate of drug-likeness (QED) is 0.108. The molecule has 1 aliphatic heterocycles. The number of hydrogen-bond donors (Lipinski definition) is 1. The Morgan fingerprint density at radius 1 is 0.949 bits per heavy atom. The number of rotatable bonds is 17. The molecule has 7 nitrogen and oxygen atoms in total. The summed E-state index contributed by atoms with van der Waals surface area (Å²) in [4.78, 5) is 15.8. The van der Waals surface area contributed by atoms with Gasteiger partial charge in [0, 0.05) is 43.5 Å². The minimum Gasteiger partial charge on any atom is -0.497 e. The van der Waals surface area contributed by atoms with Crippen LogP contribution < -0.4 is 19.8 Å². The molecule has 3 aromatic carbocycles. The molecule has 1 saturated heterocycles. The molecule has 1 heterocycles. The number of hydrogen-bond acceptors (Lipinski definition) is 7. The highest BCUT2D eigenvalue weighted by molar-refractivity contribution is 6.99. The summed E-state index contributed by atoms with van der Waals surface area (Å²) in [5, 5.41) is 13.8. The molecule has 0 radical (unpaired) electrons. The number of likely N-dealkylation sites (tertiary alicyclic amines) is 1. The number of carbonyl (C=O) groups is 1. The Morgan fingerprint density at radius 2 is 1.63 bits per heavy atom. The molecule has 3 aromatic rings. The summed E-state index contributed by atoms with van der Waals surface area (Å²) in [5.74, 6) is 2.44. The van der Waals surface area contributed by atoms with Gasteiger partial charge >= 0.3 is 0 Å². The third-order valence-electron chi connectivity index (χ3n) is 13.6. The normalized spacial score (nSPS) is 24.8. The minimum absolute atomic E-state index is 0.0584. The van der Waals surface area contributed by atoms with E-state index in [-0.39, 0.29) is 28.8 Å². The van der Waals surface area contributed by atoms with Crippen molar-refractivity contribution in [2.75, 3.05) is 20.8 Å². The van der Waals surface area contributed by atoms with Crippen molar-refractivity contribution < 1.29 is 28.2 Å². The van der Waals surface area contributed by atoms with Gasteiger partial charge in [0.05, 0.1) is 20.3 Å². The number of unbranched alkanes of at least 4 members (excludes halogenated alkanes) is 2. The Hall–Kier alpha value is -3.32. The molecule has 9 heteroatoms. The second-order valence-electron chi connectivity index (χ2n) is 19.5. The highest BCUT2D eigenvalue weighted by atomic mass is 28.4. The van der Waals surface area contributed by atoms with E-state index >= 15 is 0 Å². The molecule has 0 amide bonds. The van der Waals surface area contributed by atoms with Crippen molar-refractivity contribution in [3.8, 4) is 11.5 Å². The summed E-state index contributed by atoms with van der Waals surface area (Å²) >= 11 is 0. The molecule has 1 N–H and O–H groups in total. The first-order chi connectivity index (χ1) is 28.1. The van der Waals surface area contributed by atoms with Gasteiger partial charge in [-0.3, -0.25) is 9.69 Å². The number of ether oxygens (including phenoxy) is 2. The Kier molecular flexibility index (Phi) is 14.4. The fourth-order valence-corrected chi connectivity index (χ4v) is 16.6. The molecule has 6 rings (SSSR count).